The molecule has 1 unspecified atom stereocenters. The molecule has 5 atom stereocenters. The molecule has 3 aliphatic carbocycles. The lowest BCUT2D eigenvalue weighted by molar-refractivity contribution is -0.137. The van der Waals surface area contributed by atoms with E-state index in [9.17, 15) is 9.59 Å². The summed E-state index contributed by atoms with van der Waals surface area (Å²) in [5.41, 5.74) is 1.53. The van der Waals surface area contributed by atoms with E-state index in [0.717, 1.165) is 75.0 Å². The van der Waals surface area contributed by atoms with Crippen molar-refractivity contribution in [1.82, 2.24) is 10.0 Å². The molecular formula is C40H53ClN4O7S. The summed E-state index contributed by atoms with van der Waals surface area (Å²) in [6.45, 7) is 5.20. The van der Waals surface area contributed by atoms with Gasteiger partial charge in [-0.3, -0.25) is 4.79 Å². The first-order valence-corrected chi connectivity index (χ1v) is 20.9. The smallest absolute Gasteiger partial charge is 0.327 e. The number of aryl methyl sites for hydroxylation is 1. The van der Waals surface area contributed by atoms with Crippen LogP contribution < -0.4 is 19.7 Å². The second-order valence-electron chi connectivity index (χ2n) is 15.9. The second kappa shape index (κ2) is 15.5. The molecule has 2 heterocycles. The quantitative estimate of drug-likeness (QED) is 0.328. The number of fused-ring (bicyclic) bond motifs is 4. The summed E-state index contributed by atoms with van der Waals surface area (Å²) >= 11 is 6.48. The molecule has 2 saturated carbocycles. The van der Waals surface area contributed by atoms with Gasteiger partial charge < -0.3 is 29.2 Å². The van der Waals surface area contributed by atoms with Crippen LogP contribution in [0.3, 0.4) is 0 Å². The number of carbonyl (C=O) groups excluding carboxylic acids is 2. The van der Waals surface area contributed by atoms with Crippen LogP contribution in [0.2, 0.25) is 5.02 Å². The number of carbonyl (C=O) groups is 2. The summed E-state index contributed by atoms with van der Waals surface area (Å²) in [4.78, 5) is 30.0. The Labute approximate surface area is 318 Å². The molecule has 0 aromatic heterocycles. The van der Waals surface area contributed by atoms with Gasteiger partial charge in [0.05, 0.1) is 36.0 Å². The number of anilines is 1. The maximum atomic E-state index is 15.1. The molecule has 2 fully saturated rings. The maximum Gasteiger partial charge on any atom is 0.327 e. The van der Waals surface area contributed by atoms with E-state index < -0.39 is 27.5 Å². The van der Waals surface area contributed by atoms with Crippen LogP contribution in [0.15, 0.2) is 57.8 Å². The Morgan fingerprint density at radius 2 is 1.87 bits per heavy atom. The van der Waals surface area contributed by atoms with E-state index in [-0.39, 0.29) is 41.1 Å². The van der Waals surface area contributed by atoms with Crippen molar-refractivity contribution in [2.24, 2.45) is 16.2 Å². The third-order valence-corrected chi connectivity index (χ3v) is 14.1. The zero-order chi connectivity index (χ0) is 37.4. The minimum Gasteiger partial charge on any atom is -0.490 e. The minimum atomic E-state index is -3.85. The van der Waals surface area contributed by atoms with Gasteiger partial charge in [0.25, 0.3) is 5.91 Å². The van der Waals surface area contributed by atoms with Crippen LogP contribution in [-0.2, 0) is 40.8 Å². The fourth-order valence-corrected chi connectivity index (χ4v) is 10.6. The van der Waals surface area contributed by atoms with Crippen molar-refractivity contribution in [2.75, 3.05) is 45.4 Å². The third kappa shape index (κ3) is 7.99. The van der Waals surface area contributed by atoms with E-state index in [1.54, 1.807) is 46.3 Å². The van der Waals surface area contributed by atoms with Gasteiger partial charge in [-0.1, -0.05) is 29.8 Å². The van der Waals surface area contributed by atoms with Crippen LogP contribution in [0, 0.1) is 11.8 Å². The first-order valence-electron chi connectivity index (χ1n) is 19.0. The van der Waals surface area contributed by atoms with E-state index in [4.69, 9.17) is 30.5 Å². The SMILES string of the molecule is COC1CCC(NC(=O)NS2(=O)=NC(=O)C(C)(C)OCC=C[C@H](OC)[C@@H]3CC[C@H]3CN3C[C@@]4(CCCc5cc(Cl)ccc54)COc4ccc2cc43)CC1. The van der Waals surface area contributed by atoms with Gasteiger partial charge in [0.1, 0.15) is 11.4 Å². The van der Waals surface area contributed by atoms with Crippen molar-refractivity contribution in [3.8, 4) is 5.75 Å². The molecule has 2 bridgehead atoms. The number of methoxy groups -OCH3 is 2. The average Bonchev–Trinajstić information content (AvgIpc) is 3.27. The summed E-state index contributed by atoms with van der Waals surface area (Å²) in [5, 5.41) is 3.71. The second-order valence-corrected chi connectivity index (χ2v) is 18.2. The molecule has 2 N–H and O–H groups in total. The van der Waals surface area contributed by atoms with Crippen molar-refractivity contribution < 1.29 is 32.7 Å². The summed E-state index contributed by atoms with van der Waals surface area (Å²) in [5.74, 6) is 0.516. The molecule has 3 amide bonds. The fourth-order valence-electron chi connectivity index (χ4n) is 8.85. The fraction of sp³-hybridized carbons (Fsp3) is 0.600. The number of nitrogens with one attached hydrogen (secondary N) is 2. The standard InChI is InChI=1S/C40H53ClN4O7S/c1-39(2)37(46)43-53(48,44-38(47)42-29-11-13-30(49-3)14-12-29)31-15-18-36-34(22-31)45(23-27-9-16-32(27)35(50-4)8-6-20-52-39)24-40(25-51-36)19-5-7-26-21-28(41)10-17-33(26)40/h6,8,10,15,17-18,21-22,27,29-30,32,35H,5,7,9,11-14,16,19-20,23-25H2,1-4H3,(H2,42,43,44,46,47,48)/t27-,29?,30?,32+,35-,40-,53?/m0/s1. The van der Waals surface area contributed by atoms with Gasteiger partial charge in [0, 0.05) is 43.8 Å². The van der Waals surface area contributed by atoms with Crippen molar-refractivity contribution in [3.05, 3.63) is 64.7 Å². The van der Waals surface area contributed by atoms with Crippen LogP contribution in [0.25, 0.3) is 0 Å². The van der Waals surface area contributed by atoms with E-state index in [1.165, 1.54) is 11.1 Å². The molecule has 0 radical (unpaired) electrons. The lowest BCUT2D eigenvalue weighted by Gasteiger charge is -2.46. The van der Waals surface area contributed by atoms with Crippen LogP contribution in [0.5, 0.6) is 5.75 Å². The number of rotatable bonds is 4. The average molecular weight is 769 g/mol. The number of hydrogen-bond acceptors (Lipinski definition) is 8. The summed E-state index contributed by atoms with van der Waals surface area (Å²) in [7, 11) is -0.417. The zero-order valence-corrected chi connectivity index (χ0v) is 32.8. The Kier molecular flexibility index (Phi) is 11.2. The van der Waals surface area contributed by atoms with Crippen LogP contribution in [-0.4, -0.2) is 80.5 Å². The normalized spacial score (nSPS) is 32.6. The number of halogens is 1. The first-order chi connectivity index (χ1) is 25.4. The molecule has 288 valence electrons. The number of ether oxygens (including phenoxy) is 4. The van der Waals surface area contributed by atoms with Crippen LogP contribution in [0.1, 0.15) is 76.3 Å². The molecule has 2 aromatic rings. The Balaban J connectivity index is 1.30. The highest BCUT2D eigenvalue weighted by molar-refractivity contribution is 7.92. The van der Waals surface area contributed by atoms with Gasteiger partial charge in [-0.2, -0.15) is 0 Å². The van der Waals surface area contributed by atoms with E-state index in [0.29, 0.717) is 24.8 Å². The molecule has 11 nitrogen and oxygen atoms in total. The van der Waals surface area contributed by atoms with Gasteiger partial charge in [0.2, 0.25) is 0 Å². The summed E-state index contributed by atoms with van der Waals surface area (Å²) < 4.78 is 46.3. The van der Waals surface area contributed by atoms with Gasteiger partial charge in [0.15, 0.2) is 9.92 Å². The molecule has 0 saturated heterocycles. The van der Waals surface area contributed by atoms with Crippen LogP contribution >= 0.6 is 11.6 Å². The number of benzene rings is 2. The number of urea groups is 1. The predicted octanol–water partition coefficient (Wildman–Crippen LogP) is 6.74. The molecular weight excluding hydrogens is 716 g/mol. The minimum absolute atomic E-state index is 0.111. The lowest BCUT2D eigenvalue weighted by Crippen LogP contribution is -2.49. The summed E-state index contributed by atoms with van der Waals surface area (Å²) in [6.07, 6.45) is 12.0. The van der Waals surface area contributed by atoms with E-state index in [2.05, 4.69) is 31.4 Å². The summed E-state index contributed by atoms with van der Waals surface area (Å²) in [6, 6.07) is 10.7. The van der Waals surface area contributed by atoms with Crippen molar-refractivity contribution in [3.63, 3.8) is 0 Å². The van der Waals surface area contributed by atoms with Gasteiger partial charge >= 0.3 is 6.03 Å². The largest absolute Gasteiger partial charge is 0.490 e. The van der Waals surface area contributed by atoms with E-state index in [1.807, 2.05) is 18.2 Å². The molecule has 53 heavy (non-hydrogen) atoms. The monoisotopic (exact) mass is 768 g/mol. The van der Waals surface area contributed by atoms with Crippen LogP contribution in [0.4, 0.5) is 10.5 Å². The highest BCUT2D eigenvalue weighted by atomic mass is 35.5. The Morgan fingerprint density at radius 3 is 2.60 bits per heavy atom. The van der Waals surface area contributed by atoms with Gasteiger partial charge in [-0.25, -0.2) is 13.7 Å². The van der Waals surface area contributed by atoms with Crippen molar-refractivity contribution in [2.45, 2.75) is 106 Å². The Bertz CT molecular complexity index is 1850. The third-order valence-electron chi connectivity index (χ3n) is 12.1. The molecule has 7 rings (SSSR count). The highest BCUT2D eigenvalue weighted by Gasteiger charge is 2.45. The molecule has 1 spiro atoms. The number of nitrogens with zero attached hydrogens (tertiary/aromatic N) is 2. The molecule has 2 aromatic carbocycles. The van der Waals surface area contributed by atoms with Gasteiger partial charge in [-0.05, 0) is 125 Å². The highest BCUT2D eigenvalue weighted by Crippen LogP contribution is 2.47. The Hall–Kier alpha value is -3.16. The maximum absolute atomic E-state index is 15.1. The topological polar surface area (TPSA) is 128 Å². The molecule has 5 aliphatic rings. The predicted molar refractivity (Wildman–Crippen MR) is 205 cm³/mol. The number of hydrogen-bond donors (Lipinski definition) is 2. The molecule has 13 heteroatoms. The van der Waals surface area contributed by atoms with E-state index >= 15 is 4.21 Å². The molecule has 2 aliphatic heterocycles. The van der Waals surface area contributed by atoms with Gasteiger partial charge in [-0.15, -0.1) is 4.36 Å². The van der Waals surface area contributed by atoms with Crippen molar-refractivity contribution >= 4 is 39.1 Å². The zero-order valence-electron chi connectivity index (χ0n) is 31.2. The van der Waals surface area contributed by atoms with Crippen molar-refractivity contribution in [1.29, 1.82) is 0 Å². The first kappa shape index (κ1) is 38.1. The number of amides is 3. The Morgan fingerprint density at radius 1 is 1.06 bits per heavy atom. The lowest BCUT2D eigenvalue weighted by atomic mass is 9.68.